The molecule has 0 saturated carbocycles. The molecule has 4 rings (SSSR count). The highest BCUT2D eigenvalue weighted by molar-refractivity contribution is 7.89. The normalized spacial score (nSPS) is 13.3. The van der Waals surface area contributed by atoms with Crippen molar-refractivity contribution in [1.29, 1.82) is 0 Å². The maximum atomic E-state index is 12.8. The smallest absolute Gasteiger partial charge is 0.258 e. The van der Waals surface area contributed by atoms with Crippen molar-refractivity contribution in [1.82, 2.24) is 4.72 Å². The summed E-state index contributed by atoms with van der Waals surface area (Å²) in [5, 5.41) is 0. The summed E-state index contributed by atoms with van der Waals surface area (Å²) in [6.45, 7) is 2.87. The fourth-order valence-electron chi connectivity index (χ4n) is 3.68. The molecule has 1 aliphatic heterocycles. The van der Waals surface area contributed by atoms with Gasteiger partial charge in [0.15, 0.2) is 0 Å². The molecule has 0 unspecified atom stereocenters. The minimum Gasteiger partial charge on any atom is -0.308 e. The first-order chi connectivity index (χ1) is 14.5. The molecule has 30 heavy (non-hydrogen) atoms. The second-order valence-electron chi connectivity index (χ2n) is 7.36. The highest BCUT2D eigenvalue weighted by Gasteiger charge is 2.25. The van der Waals surface area contributed by atoms with Gasteiger partial charge in [0, 0.05) is 24.3 Å². The van der Waals surface area contributed by atoms with Crippen molar-refractivity contribution in [2.24, 2.45) is 0 Å². The molecule has 6 heteroatoms. The molecular formula is C24H24N2O3S. The van der Waals surface area contributed by atoms with Crippen molar-refractivity contribution in [3.8, 4) is 0 Å². The lowest BCUT2D eigenvalue weighted by atomic mass is 10.1. The monoisotopic (exact) mass is 420 g/mol. The van der Waals surface area contributed by atoms with Gasteiger partial charge in [0.25, 0.3) is 5.91 Å². The number of nitrogens with zero attached hydrogens (tertiary/aromatic N) is 1. The summed E-state index contributed by atoms with van der Waals surface area (Å²) in [5.41, 5.74) is 4.59. The summed E-state index contributed by atoms with van der Waals surface area (Å²) in [5.74, 6) is -0.0154. The SMILES string of the molecule is CCc1ccc(S(=O)(=O)NCc2ccc3c(c2)CCN3C(=O)c2ccccc2)cc1. The van der Waals surface area contributed by atoms with Gasteiger partial charge in [0.05, 0.1) is 4.90 Å². The molecular weight excluding hydrogens is 396 g/mol. The van der Waals surface area contributed by atoms with E-state index >= 15 is 0 Å². The molecule has 1 aliphatic rings. The third-order valence-electron chi connectivity index (χ3n) is 5.41. The summed E-state index contributed by atoms with van der Waals surface area (Å²) >= 11 is 0. The van der Waals surface area contributed by atoms with Crippen LogP contribution in [0.25, 0.3) is 0 Å². The Balaban J connectivity index is 1.46. The largest absolute Gasteiger partial charge is 0.308 e. The van der Waals surface area contributed by atoms with Crippen LogP contribution in [0.4, 0.5) is 5.69 Å². The van der Waals surface area contributed by atoms with Gasteiger partial charge in [0.2, 0.25) is 10.0 Å². The molecule has 0 aliphatic carbocycles. The third-order valence-corrected chi connectivity index (χ3v) is 6.83. The average Bonchev–Trinajstić information content (AvgIpc) is 3.21. The topological polar surface area (TPSA) is 66.5 Å². The maximum Gasteiger partial charge on any atom is 0.258 e. The number of sulfonamides is 1. The van der Waals surface area contributed by atoms with Crippen molar-refractivity contribution in [2.45, 2.75) is 31.2 Å². The number of amides is 1. The van der Waals surface area contributed by atoms with Crippen LogP contribution in [0.15, 0.2) is 77.7 Å². The molecule has 0 atom stereocenters. The fourth-order valence-corrected chi connectivity index (χ4v) is 4.70. The zero-order valence-electron chi connectivity index (χ0n) is 16.8. The predicted molar refractivity (Wildman–Crippen MR) is 118 cm³/mol. The zero-order valence-corrected chi connectivity index (χ0v) is 17.7. The van der Waals surface area contributed by atoms with Gasteiger partial charge >= 0.3 is 0 Å². The first kappa shape index (κ1) is 20.3. The minimum atomic E-state index is -3.57. The van der Waals surface area contributed by atoms with Crippen LogP contribution in [0.3, 0.4) is 0 Å². The van der Waals surface area contributed by atoms with Crippen LogP contribution >= 0.6 is 0 Å². The van der Waals surface area contributed by atoms with Crippen molar-refractivity contribution < 1.29 is 13.2 Å². The molecule has 0 bridgehead atoms. The summed E-state index contributed by atoms with van der Waals surface area (Å²) < 4.78 is 27.8. The number of aryl methyl sites for hydroxylation is 1. The molecule has 0 fully saturated rings. The first-order valence-corrected chi connectivity index (χ1v) is 11.5. The predicted octanol–water partition coefficient (Wildman–Crippen LogP) is 3.93. The van der Waals surface area contributed by atoms with Gasteiger partial charge in [0.1, 0.15) is 0 Å². The molecule has 154 valence electrons. The number of carbonyl (C=O) groups excluding carboxylic acids is 1. The molecule has 1 amide bonds. The van der Waals surface area contributed by atoms with E-state index in [9.17, 15) is 13.2 Å². The first-order valence-electron chi connectivity index (χ1n) is 10.1. The van der Waals surface area contributed by atoms with Gasteiger partial charge in [-0.2, -0.15) is 0 Å². The number of hydrogen-bond donors (Lipinski definition) is 1. The summed E-state index contributed by atoms with van der Waals surface area (Å²) in [4.78, 5) is 14.8. The van der Waals surface area contributed by atoms with Crippen LogP contribution in [-0.4, -0.2) is 20.9 Å². The number of anilines is 1. The summed E-state index contributed by atoms with van der Waals surface area (Å²) in [6.07, 6.45) is 1.62. The zero-order chi connectivity index (χ0) is 21.1. The number of hydrogen-bond acceptors (Lipinski definition) is 3. The van der Waals surface area contributed by atoms with E-state index in [0.29, 0.717) is 12.1 Å². The molecule has 0 aromatic heterocycles. The van der Waals surface area contributed by atoms with Crippen molar-refractivity contribution in [2.75, 3.05) is 11.4 Å². The van der Waals surface area contributed by atoms with Gasteiger partial charge in [-0.15, -0.1) is 0 Å². The van der Waals surface area contributed by atoms with Crippen LogP contribution in [0, 0.1) is 0 Å². The van der Waals surface area contributed by atoms with E-state index in [2.05, 4.69) is 4.72 Å². The van der Waals surface area contributed by atoms with E-state index in [1.807, 2.05) is 67.6 Å². The Labute approximate surface area is 177 Å². The second-order valence-corrected chi connectivity index (χ2v) is 9.12. The van der Waals surface area contributed by atoms with Crippen LogP contribution in [0.5, 0.6) is 0 Å². The van der Waals surface area contributed by atoms with Crippen LogP contribution in [0.1, 0.15) is 34.0 Å². The van der Waals surface area contributed by atoms with E-state index in [1.165, 1.54) is 0 Å². The highest BCUT2D eigenvalue weighted by atomic mass is 32.2. The maximum absolute atomic E-state index is 12.8. The van der Waals surface area contributed by atoms with Gasteiger partial charge in [-0.25, -0.2) is 13.1 Å². The molecule has 3 aromatic rings. The number of fused-ring (bicyclic) bond motifs is 1. The Morgan fingerprint density at radius 2 is 1.67 bits per heavy atom. The van der Waals surface area contributed by atoms with Gasteiger partial charge in [-0.3, -0.25) is 4.79 Å². The van der Waals surface area contributed by atoms with Crippen LogP contribution in [0.2, 0.25) is 0 Å². The standard InChI is InChI=1S/C24H24N2O3S/c1-2-18-8-11-22(12-9-18)30(28,29)25-17-19-10-13-23-21(16-19)14-15-26(23)24(27)20-6-4-3-5-7-20/h3-13,16,25H,2,14-15,17H2,1H3. The lowest BCUT2D eigenvalue weighted by Crippen LogP contribution is -2.28. The Hall–Kier alpha value is -2.96. The van der Waals surface area contributed by atoms with Gasteiger partial charge in [-0.05, 0) is 59.9 Å². The van der Waals surface area contributed by atoms with Gasteiger partial charge in [-0.1, -0.05) is 49.4 Å². The van der Waals surface area contributed by atoms with Gasteiger partial charge < -0.3 is 4.90 Å². The molecule has 0 radical (unpaired) electrons. The minimum absolute atomic E-state index is 0.0154. The molecule has 1 heterocycles. The highest BCUT2D eigenvalue weighted by Crippen LogP contribution is 2.30. The average molecular weight is 421 g/mol. The van der Waals surface area contributed by atoms with E-state index < -0.39 is 10.0 Å². The second kappa shape index (κ2) is 8.42. The van der Waals surface area contributed by atoms with E-state index in [1.54, 1.807) is 17.0 Å². The third kappa shape index (κ3) is 4.15. The number of rotatable bonds is 6. The van der Waals surface area contributed by atoms with Crippen molar-refractivity contribution in [3.05, 3.63) is 95.1 Å². The quantitative estimate of drug-likeness (QED) is 0.657. The molecule has 1 N–H and O–H groups in total. The number of carbonyl (C=O) groups is 1. The number of nitrogens with one attached hydrogen (secondary N) is 1. The Morgan fingerprint density at radius 1 is 0.967 bits per heavy atom. The van der Waals surface area contributed by atoms with Crippen LogP contribution in [-0.2, 0) is 29.4 Å². The lowest BCUT2D eigenvalue weighted by Gasteiger charge is -2.17. The van der Waals surface area contributed by atoms with Crippen molar-refractivity contribution >= 4 is 21.6 Å². The lowest BCUT2D eigenvalue weighted by molar-refractivity contribution is 0.0989. The van der Waals surface area contributed by atoms with Crippen LogP contribution < -0.4 is 9.62 Å². The summed E-state index contributed by atoms with van der Waals surface area (Å²) in [6, 6.07) is 21.9. The Morgan fingerprint density at radius 3 is 2.37 bits per heavy atom. The molecule has 5 nitrogen and oxygen atoms in total. The van der Waals surface area contributed by atoms with E-state index in [4.69, 9.17) is 0 Å². The number of benzene rings is 3. The summed E-state index contributed by atoms with van der Waals surface area (Å²) in [7, 11) is -3.57. The van der Waals surface area contributed by atoms with E-state index in [-0.39, 0.29) is 17.3 Å². The molecule has 0 saturated heterocycles. The molecule has 0 spiro atoms. The fraction of sp³-hybridized carbons (Fsp3) is 0.208. The van der Waals surface area contributed by atoms with Crippen molar-refractivity contribution in [3.63, 3.8) is 0 Å². The Bertz CT molecular complexity index is 1160. The van der Waals surface area contributed by atoms with E-state index in [0.717, 1.165) is 35.2 Å². The Kier molecular flexibility index (Phi) is 5.70. The molecule has 3 aromatic carbocycles.